The number of rotatable bonds is 6. The predicted octanol–water partition coefficient (Wildman–Crippen LogP) is 3.36. The van der Waals surface area contributed by atoms with Gasteiger partial charge in [-0.15, -0.1) is 11.3 Å². The predicted molar refractivity (Wildman–Crippen MR) is 88.7 cm³/mol. The third kappa shape index (κ3) is 5.22. The van der Waals surface area contributed by atoms with E-state index in [9.17, 15) is 0 Å². The van der Waals surface area contributed by atoms with Gasteiger partial charge in [-0.05, 0) is 31.0 Å². The maximum absolute atomic E-state index is 5.85. The van der Waals surface area contributed by atoms with E-state index in [1.165, 1.54) is 5.56 Å². The lowest BCUT2D eigenvalue weighted by Crippen LogP contribution is -2.22. The van der Waals surface area contributed by atoms with Crippen LogP contribution in [0.1, 0.15) is 12.0 Å². The first-order chi connectivity index (χ1) is 9.74. The second-order valence-electron chi connectivity index (χ2n) is 4.26. The van der Waals surface area contributed by atoms with Gasteiger partial charge in [-0.1, -0.05) is 23.9 Å². The second kappa shape index (κ2) is 7.91. The van der Waals surface area contributed by atoms with Gasteiger partial charge in [0.05, 0.1) is 0 Å². The van der Waals surface area contributed by atoms with Crippen molar-refractivity contribution in [2.45, 2.75) is 17.7 Å². The number of aromatic nitrogens is 1. The summed E-state index contributed by atoms with van der Waals surface area (Å²) in [6.45, 7) is 2.78. The normalized spacial score (nSPS) is 11.6. The molecule has 0 aliphatic rings. The fraction of sp³-hybridized carbons (Fsp3) is 0.286. The van der Waals surface area contributed by atoms with E-state index in [1.807, 2.05) is 42.8 Å². The fourth-order valence-corrected chi connectivity index (χ4v) is 3.25. The lowest BCUT2D eigenvalue weighted by Gasteiger charge is -2.06. The number of nitrogens with one attached hydrogen (secondary N) is 1. The number of nitrogens with two attached hydrogens (primary N) is 1. The third-order valence-electron chi connectivity index (χ3n) is 2.51. The summed E-state index contributed by atoms with van der Waals surface area (Å²) < 4.78 is 1.11. The van der Waals surface area contributed by atoms with Crippen LogP contribution in [0.2, 0.25) is 0 Å². The van der Waals surface area contributed by atoms with Gasteiger partial charge in [0.1, 0.15) is 4.34 Å². The highest BCUT2D eigenvalue weighted by Crippen LogP contribution is 2.20. The molecule has 2 aromatic rings. The summed E-state index contributed by atoms with van der Waals surface area (Å²) in [6, 6.07) is 8.07. The first kappa shape index (κ1) is 14.9. The molecular weight excluding hydrogens is 288 g/mol. The zero-order valence-electron chi connectivity index (χ0n) is 11.4. The Morgan fingerprint density at radius 2 is 2.40 bits per heavy atom. The molecule has 0 fully saturated rings. The average molecular weight is 306 g/mol. The molecule has 0 amide bonds. The van der Waals surface area contributed by atoms with Crippen LogP contribution in [0.5, 0.6) is 0 Å². The first-order valence-corrected chi connectivity index (χ1v) is 8.26. The highest BCUT2D eigenvalue weighted by Gasteiger charge is 1.97. The molecule has 1 aromatic carbocycles. The lowest BCUT2D eigenvalue weighted by atomic mass is 10.2. The summed E-state index contributed by atoms with van der Waals surface area (Å²) in [5.41, 5.74) is 8.03. The van der Waals surface area contributed by atoms with E-state index in [2.05, 4.69) is 15.3 Å². The van der Waals surface area contributed by atoms with Gasteiger partial charge in [-0.2, -0.15) is 0 Å². The van der Waals surface area contributed by atoms with Crippen LogP contribution in [0.3, 0.4) is 0 Å². The molecule has 0 atom stereocenters. The van der Waals surface area contributed by atoms with E-state index in [0.29, 0.717) is 5.96 Å². The summed E-state index contributed by atoms with van der Waals surface area (Å²) in [5, 5.41) is 5.09. The Labute approximate surface area is 127 Å². The fourth-order valence-electron chi connectivity index (χ4n) is 1.62. The van der Waals surface area contributed by atoms with Gasteiger partial charge < -0.3 is 11.1 Å². The molecule has 1 aromatic heterocycles. The van der Waals surface area contributed by atoms with Gasteiger partial charge in [-0.25, -0.2) is 4.98 Å². The monoisotopic (exact) mass is 306 g/mol. The molecule has 20 heavy (non-hydrogen) atoms. The van der Waals surface area contributed by atoms with Gasteiger partial charge in [0.2, 0.25) is 0 Å². The Bertz CT molecular complexity index is 552. The largest absolute Gasteiger partial charge is 0.370 e. The molecule has 2 rings (SSSR count). The summed E-state index contributed by atoms with van der Waals surface area (Å²) in [4.78, 5) is 8.54. The minimum absolute atomic E-state index is 0.467. The molecule has 3 N–H and O–H groups in total. The Morgan fingerprint density at radius 3 is 3.15 bits per heavy atom. The number of aryl methyl sites for hydroxylation is 1. The number of aliphatic imine (C=N–C) groups is 1. The molecule has 1 heterocycles. The van der Waals surface area contributed by atoms with Crippen molar-refractivity contribution in [3.05, 3.63) is 41.4 Å². The van der Waals surface area contributed by atoms with Crippen molar-refractivity contribution in [2.24, 2.45) is 10.7 Å². The number of hydrogen-bond donors (Lipinski definition) is 2. The Morgan fingerprint density at radius 1 is 1.50 bits per heavy atom. The summed E-state index contributed by atoms with van der Waals surface area (Å²) in [6.07, 6.45) is 2.81. The number of anilines is 1. The van der Waals surface area contributed by atoms with E-state index in [0.717, 1.165) is 28.7 Å². The first-order valence-electron chi connectivity index (χ1n) is 6.40. The van der Waals surface area contributed by atoms with Gasteiger partial charge in [-0.3, -0.25) is 4.99 Å². The van der Waals surface area contributed by atoms with Crippen molar-refractivity contribution in [3.63, 3.8) is 0 Å². The number of guanidine groups is 1. The van der Waals surface area contributed by atoms with Gasteiger partial charge in [0.15, 0.2) is 5.96 Å². The van der Waals surface area contributed by atoms with E-state index in [1.54, 1.807) is 23.1 Å². The standard InChI is InChI=1S/C14H18N4S2/c1-11-4-2-5-12(10-11)18-13(15)16-6-3-8-19-14-17-7-9-20-14/h2,4-5,7,9-10H,3,6,8H2,1H3,(H3,15,16,18). The van der Waals surface area contributed by atoms with Crippen molar-refractivity contribution in [3.8, 4) is 0 Å². The van der Waals surface area contributed by atoms with Crippen LogP contribution >= 0.6 is 23.1 Å². The van der Waals surface area contributed by atoms with Crippen molar-refractivity contribution in [2.75, 3.05) is 17.6 Å². The van der Waals surface area contributed by atoms with Gasteiger partial charge in [0.25, 0.3) is 0 Å². The van der Waals surface area contributed by atoms with Crippen LogP contribution in [-0.2, 0) is 0 Å². The minimum atomic E-state index is 0.467. The Hall–Kier alpha value is -1.53. The molecule has 0 spiro atoms. The topological polar surface area (TPSA) is 63.3 Å². The molecule has 0 bridgehead atoms. The molecule has 4 nitrogen and oxygen atoms in total. The Balaban J connectivity index is 1.68. The second-order valence-corrected chi connectivity index (χ2v) is 6.50. The molecule has 0 saturated carbocycles. The molecule has 106 valence electrons. The van der Waals surface area contributed by atoms with E-state index >= 15 is 0 Å². The lowest BCUT2D eigenvalue weighted by molar-refractivity contribution is 0.939. The van der Waals surface area contributed by atoms with Crippen molar-refractivity contribution >= 4 is 34.7 Å². The van der Waals surface area contributed by atoms with Crippen LogP contribution in [0.25, 0.3) is 0 Å². The van der Waals surface area contributed by atoms with Crippen LogP contribution in [0.15, 0.2) is 45.2 Å². The number of hydrogen-bond acceptors (Lipinski definition) is 4. The maximum atomic E-state index is 5.85. The number of benzene rings is 1. The molecule has 0 radical (unpaired) electrons. The van der Waals surface area contributed by atoms with Gasteiger partial charge >= 0.3 is 0 Å². The average Bonchev–Trinajstić information content (AvgIpc) is 2.91. The molecule has 6 heteroatoms. The maximum Gasteiger partial charge on any atom is 0.193 e. The van der Waals surface area contributed by atoms with Crippen molar-refractivity contribution < 1.29 is 0 Å². The van der Waals surface area contributed by atoms with Crippen LogP contribution in [0.4, 0.5) is 5.69 Å². The number of nitrogens with zero attached hydrogens (tertiary/aromatic N) is 2. The molecule has 0 aliphatic heterocycles. The van der Waals surface area contributed by atoms with Gasteiger partial charge in [0, 0.05) is 29.6 Å². The molecule has 0 saturated heterocycles. The molecular formula is C14H18N4S2. The van der Waals surface area contributed by atoms with Crippen molar-refractivity contribution in [1.29, 1.82) is 0 Å². The summed E-state index contributed by atoms with van der Waals surface area (Å²) >= 11 is 3.43. The van der Waals surface area contributed by atoms with Crippen LogP contribution in [0, 0.1) is 6.92 Å². The summed E-state index contributed by atoms with van der Waals surface area (Å²) in [7, 11) is 0. The smallest absolute Gasteiger partial charge is 0.193 e. The highest BCUT2D eigenvalue weighted by molar-refractivity contribution is 8.00. The third-order valence-corrected chi connectivity index (χ3v) is 4.56. The number of thiazole rings is 1. The minimum Gasteiger partial charge on any atom is -0.370 e. The molecule has 0 unspecified atom stereocenters. The van der Waals surface area contributed by atoms with Crippen molar-refractivity contribution in [1.82, 2.24) is 4.98 Å². The zero-order valence-corrected chi connectivity index (χ0v) is 13.0. The molecule has 0 aliphatic carbocycles. The van der Waals surface area contributed by atoms with E-state index in [4.69, 9.17) is 5.73 Å². The van der Waals surface area contributed by atoms with Crippen LogP contribution < -0.4 is 11.1 Å². The van der Waals surface area contributed by atoms with Crippen LogP contribution in [-0.4, -0.2) is 23.2 Å². The van der Waals surface area contributed by atoms with E-state index in [-0.39, 0.29) is 0 Å². The number of thioether (sulfide) groups is 1. The highest BCUT2D eigenvalue weighted by atomic mass is 32.2. The summed E-state index contributed by atoms with van der Waals surface area (Å²) in [5.74, 6) is 1.48. The van der Waals surface area contributed by atoms with E-state index < -0.39 is 0 Å². The quantitative estimate of drug-likeness (QED) is 0.372. The zero-order chi connectivity index (χ0) is 14.2. The SMILES string of the molecule is Cc1cccc(NC(N)=NCCCSc2nccs2)c1. The Kier molecular flexibility index (Phi) is 5.88.